The Morgan fingerprint density at radius 3 is 2.74 bits per heavy atom. The molecule has 3 heterocycles. The number of halogens is 2. The summed E-state index contributed by atoms with van der Waals surface area (Å²) in [6.07, 6.45) is 1.86. The summed E-state index contributed by atoms with van der Waals surface area (Å²) in [5.41, 5.74) is 3.56. The van der Waals surface area contributed by atoms with E-state index in [2.05, 4.69) is 20.3 Å². The highest BCUT2D eigenvalue weighted by Gasteiger charge is 2.25. The van der Waals surface area contributed by atoms with Crippen LogP contribution < -0.4 is 19.5 Å². The van der Waals surface area contributed by atoms with E-state index >= 15 is 0 Å². The van der Waals surface area contributed by atoms with E-state index in [4.69, 9.17) is 25.6 Å². The summed E-state index contributed by atoms with van der Waals surface area (Å²) >= 11 is 6.00. The lowest BCUT2D eigenvalue weighted by atomic mass is 10.1. The van der Waals surface area contributed by atoms with Crippen LogP contribution in [0.5, 0.6) is 11.5 Å². The predicted molar refractivity (Wildman–Crippen MR) is 128 cm³/mol. The highest BCUT2D eigenvalue weighted by molar-refractivity contribution is 7.92. The first-order valence-corrected chi connectivity index (χ1v) is 11.8. The van der Waals surface area contributed by atoms with Gasteiger partial charge in [-0.25, -0.2) is 8.42 Å². The second-order valence-corrected chi connectivity index (χ2v) is 9.57. The molecule has 1 aliphatic rings. The van der Waals surface area contributed by atoms with Gasteiger partial charge in [0.25, 0.3) is 10.0 Å². The summed E-state index contributed by atoms with van der Waals surface area (Å²) in [5.74, 6) is 0.566. The van der Waals surface area contributed by atoms with Gasteiger partial charge in [0.15, 0.2) is 11.4 Å². The third kappa shape index (κ3) is 4.27. The molecule has 34 heavy (non-hydrogen) atoms. The molecule has 0 fully saturated rings. The van der Waals surface area contributed by atoms with Crippen molar-refractivity contribution in [3.05, 3.63) is 58.4 Å². The van der Waals surface area contributed by atoms with Crippen LogP contribution in [0.3, 0.4) is 0 Å². The van der Waals surface area contributed by atoms with Gasteiger partial charge in [0.05, 0.1) is 32.7 Å². The van der Waals surface area contributed by atoms with Crippen LogP contribution >= 0.6 is 24.0 Å². The summed E-state index contributed by atoms with van der Waals surface area (Å²) in [4.78, 5) is -0.120. The van der Waals surface area contributed by atoms with Gasteiger partial charge in [0.1, 0.15) is 21.8 Å². The predicted octanol–water partition coefficient (Wildman–Crippen LogP) is 3.57. The SMILES string of the molecule is COc1ccc(Cl)cc1S(=O)(=O)Nc1noc2cc(Cn3ncc4c3CNC4)cc(OC)c12.Cl. The Kier molecular flexibility index (Phi) is 6.63. The van der Waals surface area contributed by atoms with E-state index in [1.165, 1.54) is 31.9 Å². The Bertz CT molecular complexity index is 1470. The maximum absolute atomic E-state index is 13.1. The van der Waals surface area contributed by atoms with Crippen molar-refractivity contribution in [1.29, 1.82) is 0 Å². The molecule has 5 rings (SSSR count). The van der Waals surface area contributed by atoms with Crippen LogP contribution in [0.4, 0.5) is 5.82 Å². The second-order valence-electron chi connectivity index (χ2n) is 7.48. The lowest BCUT2D eigenvalue weighted by molar-refractivity contribution is 0.403. The Morgan fingerprint density at radius 2 is 1.97 bits per heavy atom. The van der Waals surface area contributed by atoms with Crippen LogP contribution in [0.25, 0.3) is 11.0 Å². The highest BCUT2D eigenvalue weighted by atomic mass is 35.5. The number of methoxy groups -OCH3 is 2. The maximum Gasteiger partial charge on any atom is 0.266 e. The average molecular weight is 526 g/mol. The van der Waals surface area contributed by atoms with Gasteiger partial charge in [-0.2, -0.15) is 5.10 Å². The van der Waals surface area contributed by atoms with Crippen molar-refractivity contribution in [3.63, 3.8) is 0 Å². The number of rotatable bonds is 7. The summed E-state index contributed by atoms with van der Waals surface area (Å²) < 4.78 is 46.7. The molecule has 0 atom stereocenters. The number of nitrogens with one attached hydrogen (secondary N) is 2. The molecular weight excluding hydrogens is 505 g/mol. The molecule has 2 aromatic carbocycles. The van der Waals surface area contributed by atoms with Crippen molar-refractivity contribution in [1.82, 2.24) is 20.3 Å². The van der Waals surface area contributed by atoms with Gasteiger partial charge in [-0.3, -0.25) is 9.40 Å². The number of hydrogen-bond acceptors (Lipinski definition) is 8. The van der Waals surface area contributed by atoms with Gasteiger partial charge >= 0.3 is 0 Å². The van der Waals surface area contributed by atoms with E-state index < -0.39 is 10.0 Å². The Labute approximate surface area is 206 Å². The first-order valence-electron chi connectivity index (χ1n) is 9.96. The molecular formula is C21H21Cl2N5O5S. The third-order valence-corrected chi connectivity index (χ3v) is 7.03. The number of ether oxygens (including phenoxy) is 2. The number of anilines is 1. The lowest BCUT2D eigenvalue weighted by Crippen LogP contribution is -2.14. The third-order valence-electron chi connectivity index (χ3n) is 5.44. The summed E-state index contributed by atoms with van der Waals surface area (Å²) in [7, 11) is -1.20. The number of nitrogens with zero attached hydrogens (tertiary/aromatic N) is 3. The summed E-state index contributed by atoms with van der Waals surface area (Å²) in [5, 5.41) is 12.3. The number of benzene rings is 2. The van der Waals surface area contributed by atoms with Gasteiger partial charge in [0, 0.05) is 23.7 Å². The zero-order chi connectivity index (χ0) is 23.2. The van der Waals surface area contributed by atoms with Crippen molar-refractivity contribution in [2.75, 3.05) is 18.9 Å². The molecule has 1 aliphatic heterocycles. The Balaban J connectivity index is 0.00000274. The average Bonchev–Trinajstić information content (AvgIpc) is 3.51. The molecule has 0 saturated heterocycles. The van der Waals surface area contributed by atoms with E-state index in [0.29, 0.717) is 23.3 Å². The molecule has 0 spiro atoms. The quantitative estimate of drug-likeness (QED) is 0.375. The molecule has 0 aliphatic carbocycles. The van der Waals surface area contributed by atoms with Gasteiger partial charge in [-0.05, 0) is 35.9 Å². The lowest BCUT2D eigenvalue weighted by Gasteiger charge is -2.11. The largest absolute Gasteiger partial charge is 0.496 e. The second kappa shape index (κ2) is 9.34. The monoisotopic (exact) mass is 525 g/mol. The van der Waals surface area contributed by atoms with Crippen LogP contribution in [0, 0.1) is 0 Å². The molecule has 2 aromatic heterocycles. The zero-order valence-corrected chi connectivity index (χ0v) is 20.6. The molecule has 0 unspecified atom stereocenters. The fourth-order valence-corrected chi connectivity index (χ4v) is 5.32. The molecule has 0 saturated carbocycles. The maximum atomic E-state index is 13.1. The van der Waals surface area contributed by atoms with Gasteiger partial charge in [-0.15, -0.1) is 12.4 Å². The molecule has 0 amide bonds. The van der Waals surface area contributed by atoms with Gasteiger partial charge < -0.3 is 19.3 Å². The minimum absolute atomic E-state index is 0. The van der Waals surface area contributed by atoms with Crippen LogP contribution in [-0.4, -0.2) is 37.6 Å². The van der Waals surface area contributed by atoms with Crippen molar-refractivity contribution in [2.24, 2.45) is 0 Å². The summed E-state index contributed by atoms with van der Waals surface area (Å²) in [6.45, 7) is 2.07. The molecule has 10 nitrogen and oxygen atoms in total. The van der Waals surface area contributed by atoms with Gasteiger partial charge in [0.2, 0.25) is 0 Å². The molecule has 2 N–H and O–H groups in total. The fraction of sp³-hybridized carbons (Fsp3) is 0.238. The van der Waals surface area contributed by atoms with Gasteiger partial charge in [-0.1, -0.05) is 16.8 Å². The fourth-order valence-electron chi connectivity index (χ4n) is 3.88. The Morgan fingerprint density at radius 1 is 1.18 bits per heavy atom. The summed E-state index contributed by atoms with van der Waals surface area (Å²) in [6, 6.07) is 7.93. The number of fused-ring (bicyclic) bond motifs is 2. The smallest absolute Gasteiger partial charge is 0.266 e. The number of aromatic nitrogens is 3. The highest BCUT2D eigenvalue weighted by Crippen LogP contribution is 2.36. The van der Waals surface area contributed by atoms with Crippen molar-refractivity contribution in [2.45, 2.75) is 24.5 Å². The zero-order valence-electron chi connectivity index (χ0n) is 18.2. The standard InChI is InChI=1S/C21H20ClN5O5S.ClH/c1-30-16-4-3-14(22)7-19(16)33(28,29)26-21-20-17(31-2)5-12(6-18(20)32-25-21)11-27-15-10-23-8-13(15)9-24-27;/h3-7,9,23H,8,10-11H2,1-2H3,(H,25,26);1H. The van der Waals surface area contributed by atoms with E-state index in [-0.39, 0.29) is 33.9 Å². The van der Waals surface area contributed by atoms with E-state index in [1.54, 1.807) is 12.1 Å². The molecule has 0 radical (unpaired) electrons. The molecule has 4 aromatic rings. The van der Waals surface area contributed by atoms with Crippen LogP contribution in [-0.2, 0) is 29.7 Å². The van der Waals surface area contributed by atoms with Crippen LogP contribution in [0.1, 0.15) is 16.8 Å². The first kappa shape index (κ1) is 24.1. The minimum atomic E-state index is -4.08. The van der Waals surface area contributed by atoms with Crippen molar-refractivity contribution in [3.8, 4) is 11.5 Å². The number of hydrogen-bond donors (Lipinski definition) is 2. The van der Waals surface area contributed by atoms with Crippen molar-refractivity contribution >= 4 is 50.8 Å². The normalized spacial score (nSPS) is 12.9. The van der Waals surface area contributed by atoms with E-state index in [0.717, 1.165) is 24.3 Å². The first-order chi connectivity index (χ1) is 15.9. The van der Waals surface area contributed by atoms with E-state index in [1.807, 2.05) is 16.9 Å². The van der Waals surface area contributed by atoms with Crippen LogP contribution in [0.2, 0.25) is 5.02 Å². The Hall–Kier alpha value is -2.99. The number of sulfonamides is 1. The van der Waals surface area contributed by atoms with Crippen molar-refractivity contribution < 1.29 is 22.4 Å². The van der Waals surface area contributed by atoms with E-state index in [9.17, 15) is 8.42 Å². The minimum Gasteiger partial charge on any atom is -0.496 e. The topological polar surface area (TPSA) is 121 Å². The molecule has 13 heteroatoms. The molecule has 0 bridgehead atoms. The van der Waals surface area contributed by atoms with Crippen LogP contribution in [0.15, 0.2) is 45.9 Å². The molecule has 180 valence electrons.